The molecule has 0 aromatic carbocycles. The van der Waals surface area contributed by atoms with E-state index in [2.05, 4.69) is 0 Å². The fraction of sp³-hybridized carbons (Fsp3) is 0.200. The van der Waals surface area contributed by atoms with E-state index in [9.17, 15) is 0 Å². The third-order valence-electron chi connectivity index (χ3n) is 1.62. The van der Waals surface area contributed by atoms with Crippen LogP contribution in [0.3, 0.4) is 0 Å². The van der Waals surface area contributed by atoms with Gasteiger partial charge in [0.15, 0.2) is 0 Å². The maximum absolute atomic E-state index is 8.51. The molecule has 0 aliphatic carbocycles. The van der Waals surface area contributed by atoms with E-state index in [0.29, 0.717) is 0 Å². The van der Waals surface area contributed by atoms with E-state index in [1.807, 2.05) is 6.92 Å². The van der Waals surface area contributed by atoms with Crippen LogP contribution >= 0.6 is 0 Å². The number of furan rings is 1. The highest BCUT2D eigenvalue weighted by Crippen LogP contribution is 2.16. The van der Waals surface area contributed by atoms with Crippen molar-refractivity contribution in [2.24, 2.45) is 0 Å². The average molecular weight is 172 g/mol. The zero-order valence-corrected chi connectivity index (χ0v) is 7.46. The minimum atomic E-state index is 0.0869. The van der Waals surface area contributed by atoms with Crippen LogP contribution in [-0.2, 0) is 0 Å². The molecule has 0 aliphatic rings. The van der Waals surface area contributed by atoms with E-state index < -0.39 is 0 Å². The monoisotopic (exact) mass is 172 g/mol. The van der Waals surface area contributed by atoms with Crippen LogP contribution in [0.2, 0.25) is 0 Å². The number of aryl methyl sites for hydroxylation is 2. The molecule has 0 amide bonds. The summed E-state index contributed by atoms with van der Waals surface area (Å²) in [7, 11) is 0. The molecule has 3 nitrogen and oxygen atoms in total. The Labute approximate surface area is 76.5 Å². The van der Waals surface area contributed by atoms with Gasteiger partial charge in [-0.15, -0.1) is 0 Å². The molecule has 0 fully saturated rings. The second-order valence-electron chi connectivity index (χ2n) is 2.65. The second kappa shape index (κ2) is 3.60. The van der Waals surface area contributed by atoms with E-state index in [1.165, 1.54) is 6.08 Å². The minimum Gasteiger partial charge on any atom is -0.466 e. The summed E-state index contributed by atoms with van der Waals surface area (Å²) in [4.78, 5) is 0. The van der Waals surface area contributed by atoms with Crippen molar-refractivity contribution in [3.63, 3.8) is 0 Å². The molecule has 0 atom stereocenters. The van der Waals surface area contributed by atoms with Gasteiger partial charge >= 0.3 is 0 Å². The summed E-state index contributed by atoms with van der Waals surface area (Å²) in [5.74, 6) is 1.50. The van der Waals surface area contributed by atoms with E-state index >= 15 is 0 Å². The predicted octanol–water partition coefficient (Wildman–Crippen LogP) is 2.33. The van der Waals surface area contributed by atoms with Gasteiger partial charge in [-0.1, -0.05) is 0 Å². The van der Waals surface area contributed by atoms with Gasteiger partial charge < -0.3 is 4.42 Å². The fourth-order valence-electron chi connectivity index (χ4n) is 1.04. The van der Waals surface area contributed by atoms with Crippen molar-refractivity contribution in [3.8, 4) is 12.1 Å². The predicted molar refractivity (Wildman–Crippen MR) is 47.4 cm³/mol. The summed E-state index contributed by atoms with van der Waals surface area (Å²) in [5.41, 5.74) is 0.875. The zero-order valence-electron chi connectivity index (χ0n) is 7.46. The smallest absolute Gasteiger partial charge is 0.130 e. The van der Waals surface area contributed by atoms with Gasteiger partial charge in [0.25, 0.3) is 0 Å². The van der Waals surface area contributed by atoms with Crippen LogP contribution in [0.5, 0.6) is 0 Å². The Morgan fingerprint density at radius 3 is 2.38 bits per heavy atom. The van der Waals surface area contributed by atoms with Gasteiger partial charge in [0, 0.05) is 5.56 Å². The van der Waals surface area contributed by atoms with E-state index in [-0.39, 0.29) is 5.57 Å². The maximum Gasteiger partial charge on any atom is 0.130 e. The Kier molecular flexibility index (Phi) is 2.52. The molecule has 13 heavy (non-hydrogen) atoms. The molecular weight excluding hydrogens is 164 g/mol. The van der Waals surface area contributed by atoms with Crippen molar-refractivity contribution >= 4 is 6.08 Å². The highest BCUT2D eigenvalue weighted by atomic mass is 16.3. The van der Waals surface area contributed by atoms with Crippen molar-refractivity contribution in [2.75, 3.05) is 0 Å². The molecule has 0 aliphatic heterocycles. The lowest BCUT2D eigenvalue weighted by Crippen LogP contribution is -1.74. The summed E-state index contributed by atoms with van der Waals surface area (Å²) >= 11 is 0. The van der Waals surface area contributed by atoms with Crippen LogP contribution in [0, 0.1) is 36.5 Å². The van der Waals surface area contributed by atoms with Crippen LogP contribution in [0.4, 0.5) is 0 Å². The molecule has 0 bridgehead atoms. The Hall–Kier alpha value is -2.00. The molecule has 1 heterocycles. The number of allylic oxidation sites excluding steroid dienone is 1. The molecular formula is C10H8N2O. The molecule has 0 saturated heterocycles. The van der Waals surface area contributed by atoms with Crippen molar-refractivity contribution in [2.45, 2.75) is 13.8 Å². The Balaban J connectivity index is 3.13. The molecule has 3 heteroatoms. The summed E-state index contributed by atoms with van der Waals surface area (Å²) in [6, 6.07) is 5.39. The lowest BCUT2D eigenvalue weighted by Gasteiger charge is -1.86. The first kappa shape index (κ1) is 9.09. The molecule has 0 N–H and O–H groups in total. The molecule has 0 unspecified atom stereocenters. The first-order chi connectivity index (χ1) is 6.17. The summed E-state index contributed by atoms with van der Waals surface area (Å²) in [5, 5.41) is 17.0. The number of rotatable bonds is 1. The van der Waals surface area contributed by atoms with Gasteiger partial charge in [-0.3, -0.25) is 0 Å². The largest absolute Gasteiger partial charge is 0.466 e. The normalized spacial score (nSPS) is 8.62. The van der Waals surface area contributed by atoms with E-state index in [4.69, 9.17) is 14.9 Å². The standard InChI is InChI=1S/C10H8N2O/c1-7-3-10(8(2)13-7)4-9(5-11)6-12/h3-4H,1-2H3. The molecule has 1 aromatic rings. The van der Waals surface area contributed by atoms with Crippen LogP contribution < -0.4 is 0 Å². The van der Waals surface area contributed by atoms with Crippen LogP contribution in [0.15, 0.2) is 16.1 Å². The number of hydrogen-bond acceptors (Lipinski definition) is 3. The summed E-state index contributed by atoms with van der Waals surface area (Å²) < 4.78 is 5.24. The van der Waals surface area contributed by atoms with Gasteiger partial charge in [-0.2, -0.15) is 10.5 Å². The topological polar surface area (TPSA) is 60.7 Å². The van der Waals surface area contributed by atoms with Crippen LogP contribution in [0.25, 0.3) is 6.08 Å². The molecule has 0 radical (unpaired) electrons. The molecule has 0 spiro atoms. The lowest BCUT2D eigenvalue weighted by atomic mass is 10.2. The highest BCUT2D eigenvalue weighted by Gasteiger charge is 2.02. The molecule has 1 rings (SSSR count). The molecule has 64 valence electrons. The van der Waals surface area contributed by atoms with Crippen molar-refractivity contribution in [1.29, 1.82) is 10.5 Å². The quantitative estimate of drug-likeness (QED) is 0.611. The Morgan fingerprint density at radius 2 is 2.00 bits per heavy atom. The SMILES string of the molecule is Cc1cc(C=C(C#N)C#N)c(C)o1. The Morgan fingerprint density at radius 1 is 1.38 bits per heavy atom. The van der Waals surface area contributed by atoms with Gasteiger partial charge in [0.1, 0.15) is 29.2 Å². The van der Waals surface area contributed by atoms with E-state index in [0.717, 1.165) is 17.1 Å². The van der Waals surface area contributed by atoms with Gasteiger partial charge in [-0.25, -0.2) is 0 Å². The van der Waals surface area contributed by atoms with Gasteiger partial charge in [0.2, 0.25) is 0 Å². The Bertz CT molecular complexity index is 411. The third kappa shape index (κ3) is 1.98. The summed E-state index contributed by atoms with van der Waals surface area (Å²) in [6.45, 7) is 3.62. The first-order valence-corrected chi connectivity index (χ1v) is 3.76. The molecule has 1 aromatic heterocycles. The number of hydrogen-bond donors (Lipinski definition) is 0. The lowest BCUT2D eigenvalue weighted by molar-refractivity contribution is 0.504. The number of nitriles is 2. The zero-order chi connectivity index (χ0) is 9.84. The van der Waals surface area contributed by atoms with Crippen molar-refractivity contribution < 1.29 is 4.42 Å². The first-order valence-electron chi connectivity index (χ1n) is 3.76. The third-order valence-corrected chi connectivity index (χ3v) is 1.62. The number of nitrogens with zero attached hydrogens (tertiary/aromatic N) is 2. The van der Waals surface area contributed by atoms with E-state index in [1.54, 1.807) is 25.1 Å². The highest BCUT2D eigenvalue weighted by molar-refractivity contribution is 5.63. The average Bonchev–Trinajstić information content (AvgIpc) is 2.41. The maximum atomic E-state index is 8.51. The fourth-order valence-corrected chi connectivity index (χ4v) is 1.04. The minimum absolute atomic E-state index is 0.0869. The van der Waals surface area contributed by atoms with Crippen molar-refractivity contribution in [3.05, 3.63) is 28.7 Å². The van der Waals surface area contributed by atoms with Crippen LogP contribution in [0.1, 0.15) is 17.1 Å². The molecule has 0 saturated carbocycles. The summed E-state index contributed by atoms with van der Waals surface area (Å²) in [6.07, 6.45) is 1.52. The van der Waals surface area contributed by atoms with Gasteiger partial charge in [0.05, 0.1) is 0 Å². The van der Waals surface area contributed by atoms with Gasteiger partial charge in [-0.05, 0) is 26.0 Å². The van der Waals surface area contributed by atoms with Crippen molar-refractivity contribution in [1.82, 2.24) is 0 Å². The second-order valence-corrected chi connectivity index (χ2v) is 2.65. The van der Waals surface area contributed by atoms with Crippen LogP contribution in [-0.4, -0.2) is 0 Å².